The predicted octanol–water partition coefficient (Wildman–Crippen LogP) is 3.77. The van der Waals surface area contributed by atoms with E-state index in [1.807, 2.05) is 25.1 Å². The summed E-state index contributed by atoms with van der Waals surface area (Å²) in [4.78, 5) is 12.3. The number of halogens is 1. The van der Waals surface area contributed by atoms with Crippen LogP contribution >= 0.6 is 22.6 Å². The highest BCUT2D eigenvalue weighted by atomic mass is 127. The van der Waals surface area contributed by atoms with Crippen LogP contribution in [0.15, 0.2) is 48.8 Å². The van der Waals surface area contributed by atoms with Crippen molar-refractivity contribution >= 4 is 28.6 Å². The highest BCUT2D eigenvalue weighted by Gasteiger charge is 2.38. The number of hydrogen-bond donors (Lipinski definition) is 1. The van der Waals surface area contributed by atoms with Crippen LogP contribution in [0.4, 0.5) is 0 Å². The Labute approximate surface area is 168 Å². The molecule has 0 aromatic heterocycles. The Morgan fingerprint density at radius 3 is 2.73 bits per heavy atom. The van der Waals surface area contributed by atoms with Gasteiger partial charge in [-0.2, -0.15) is 0 Å². The van der Waals surface area contributed by atoms with Gasteiger partial charge in [-0.3, -0.25) is 0 Å². The molecule has 0 saturated carbocycles. The summed E-state index contributed by atoms with van der Waals surface area (Å²) in [6.45, 7) is 6.14. The SMILES string of the molecule is C=CCOC(=O)C1=C[C@@H](c2ccc(I)cc2)[C@@H](CCCO)[C@@H](OCC)O1. The molecule has 2 rings (SSSR count). The fourth-order valence-corrected chi connectivity index (χ4v) is 3.38. The second-order valence-corrected chi connectivity index (χ2v) is 7.21. The van der Waals surface area contributed by atoms with E-state index in [0.717, 1.165) is 15.6 Å². The van der Waals surface area contributed by atoms with E-state index in [1.165, 1.54) is 6.08 Å². The zero-order valence-electron chi connectivity index (χ0n) is 14.9. The summed E-state index contributed by atoms with van der Waals surface area (Å²) in [5.41, 5.74) is 1.08. The van der Waals surface area contributed by atoms with E-state index in [-0.39, 0.29) is 30.8 Å². The molecule has 5 nitrogen and oxygen atoms in total. The van der Waals surface area contributed by atoms with E-state index in [9.17, 15) is 9.90 Å². The van der Waals surface area contributed by atoms with Crippen LogP contribution in [-0.4, -0.2) is 37.2 Å². The van der Waals surface area contributed by atoms with Crippen LogP contribution in [0.25, 0.3) is 0 Å². The number of carbonyl (C=O) groups is 1. The number of ether oxygens (including phenoxy) is 3. The lowest BCUT2D eigenvalue weighted by atomic mass is 9.80. The first-order chi connectivity index (χ1) is 12.6. The van der Waals surface area contributed by atoms with E-state index in [0.29, 0.717) is 13.0 Å². The molecule has 1 N–H and O–H groups in total. The molecule has 0 amide bonds. The summed E-state index contributed by atoms with van der Waals surface area (Å²) in [6.07, 6.45) is 4.13. The third-order valence-electron chi connectivity index (χ3n) is 4.20. The number of benzene rings is 1. The first kappa shape index (κ1) is 20.9. The van der Waals surface area contributed by atoms with Crippen molar-refractivity contribution < 1.29 is 24.1 Å². The third-order valence-corrected chi connectivity index (χ3v) is 4.92. The number of rotatable bonds is 9. The fourth-order valence-electron chi connectivity index (χ4n) is 3.02. The zero-order chi connectivity index (χ0) is 18.9. The molecule has 0 spiro atoms. The maximum absolute atomic E-state index is 12.3. The van der Waals surface area contributed by atoms with Gasteiger partial charge in [0.05, 0.1) is 0 Å². The lowest BCUT2D eigenvalue weighted by molar-refractivity contribution is -0.175. The van der Waals surface area contributed by atoms with Gasteiger partial charge in [-0.25, -0.2) is 4.79 Å². The van der Waals surface area contributed by atoms with Crippen molar-refractivity contribution in [1.82, 2.24) is 0 Å². The molecular formula is C20H25IO5. The van der Waals surface area contributed by atoms with Crippen LogP contribution < -0.4 is 0 Å². The van der Waals surface area contributed by atoms with Gasteiger partial charge >= 0.3 is 5.97 Å². The molecule has 0 bridgehead atoms. The lowest BCUT2D eigenvalue weighted by Crippen LogP contribution is -2.36. The maximum Gasteiger partial charge on any atom is 0.373 e. The Hall–Kier alpha value is -1.38. The average molecular weight is 472 g/mol. The summed E-state index contributed by atoms with van der Waals surface area (Å²) < 4.78 is 17.9. The summed E-state index contributed by atoms with van der Waals surface area (Å²) in [6, 6.07) is 8.17. The molecule has 1 aromatic carbocycles. The highest BCUT2D eigenvalue weighted by Crippen LogP contribution is 2.39. The third kappa shape index (κ3) is 5.56. The van der Waals surface area contributed by atoms with Gasteiger partial charge in [-0.1, -0.05) is 24.8 Å². The first-order valence-corrected chi connectivity index (χ1v) is 9.83. The monoisotopic (exact) mass is 472 g/mol. The van der Waals surface area contributed by atoms with Gasteiger partial charge in [0.1, 0.15) is 6.61 Å². The number of hydrogen-bond acceptors (Lipinski definition) is 5. The molecule has 0 aliphatic carbocycles. The van der Waals surface area contributed by atoms with Crippen LogP contribution in [0.5, 0.6) is 0 Å². The summed E-state index contributed by atoms with van der Waals surface area (Å²) in [5.74, 6) is -0.423. The zero-order valence-corrected chi connectivity index (χ0v) is 17.1. The van der Waals surface area contributed by atoms with Crippen LogP contribution in [0, 0.1) is 9.49 Å². The molecular weight excluding hydrogens is 447 g/mol. The Morgan fingerprint density at radius 2 is 2.12 bits per heavy atom. The van der Waals surface area contributed by atoms with Crippen LogP contribution in [0.2, 0.25) is 0 Å². The molecule has 142 valence electrons. The molecule has 1 aromatic rings. The minimum Gasteiger partial charge on any atom is -0.457 e. The van der Waals surface area contributed by atoms with E-state index in [2.05, 4.69) is 41.3 Å². The smallest absolute Gasteiger partial charge is 0.373 e. The summed E-state index contributed by atoms with van der Waals surface area (Å²) in [5, 5.41) is 9.26. The normalized spacial score (nSPS) is 22.3. The second kappa shape index (κ2) is 10.7. The average Bonchev–Trinajstić information content (AvgIpc) is 2.65. The molecule has 1 heterocycles. The van der Waals surface area contributed by atoms with Gasteiger partial charge in [0.25, 0.3) is 0 Å². The number of aliphatic hydroxyl groups excluding tert-OH is 1. The summed E-state index contributed by atoms with van der Waals surface area (Å²) in [7, 11) is 0. The quantitative estimate of drug-likeness (QED) is 0.337. The largest absolute Gasteiger partial charge is 0.457 e. The number of carbonyl (C=O) groups excluding carboxylic acids is 1. The minimum atomic E-state index is -0.563. The van der Waals surface area contributed by atoms with E-state index in [1.54, 1.807) is 0 Å². The van der Waals surface area contributed by atoms with Gasteiger partial charge < -0.3 is 19.3 Å². The molecule has 0 saturated heterocycles. The number of esters is 1. The van der Waals surface area contributed by atoms with Gasteiger partial charge in [0.2, 0.25) is 12.0 Å². The Balaban J connectivity index is 2.36. The topological polar surface area (TPSA) is 65.0 Å². The fraction of sp³-hybridized carbons (Fsp3) is 0.450. The molecule has 0 unspecified atom stereocenters. The maximum atomic E-state index is 12.3. The van der Waals surface area contributed by atoms with Crippen molar-refractivity contribution in [1.29, 1.82) is 0 Å². The van der Waals surface area contributed by atoms with Crippen LogP contribution in [0.1, 0.15) is 31.2 Å². The first-order valence-electron chi connectivity index (χ1n) is 8.75. The van der Waals surface area contributed by atoms with Gasteiger partial charge in [-0.15, -0.1) is 0 Å². The molecule has 3 atom stereocenters. The van der Waals surface area contributed by atoms with Crippen molar-refractivity contribution in [2.45, 2.75) is 32.0 Å². The van der Waals surface area contributed by atoms with Gasteiger partial charge in [-0.05, 0) is 66.1 Å². The second-order valence-electron chi connectivity index (χ2n) is 5.97. The van der Waals surface area contributed by atoms with Crippen molar-refractivity contribution in [2.75, 3.05) is 19.8 Å². The van der Waals surface area contributed by atoms with Crippen molar-refractivity contribution in [3.63, 3.8) is 0 Å². The van der Waals surface area contributed by atoms with Crippen molar-refractivity contribution in [3.05, 3.63) is 57.9 Å². The Morgan fingerprint density at radius 1 is 1.38 bits per heavy atom. The predicted molar refractivity (Wildman–Crippen MR) is 107 cm³/mol. The molecule has 1 aliphatic heterocycles. The molecule has 26 heavy (non-hydrogen) atoms. The Kier molecular flexibility index (Phi) is 8.61. The molecule has 6 heteroatoms. The number of allylic oxidation sites excluding steroid dienone is 1. The molecule has 1 aliphatic rings. The van der Waals surface area contributed by atoms with Crippen LogP contribution in [-0.2, 0) is 19.0 Å². The van der Waals surface area contributed by atoms with E-state index >= 15 is 0 Å². The standard InChI is InChI=1S/C20H25IO5/c1-3-12-25-19(23)18-13-17(14-7-9-15(21)10-8-14)16(6-5-11-22)20(26-18)24-4-2/h3,7-10,13,16-17,20,22H,1,4-6,11-12H2,2H3/t16-,17+,20+/m1/s1. The highest BCUT2D eigenvalue weighted by molar-refractivity contribution is 14.1. The Bertz CT molecular complexity index is 626. The molecule has 0 radical (unpaired) electrons. The lowest BCUT2D eigenvalue weighted by Gasteiger charge is -2.36. The van der Waals surface area contributed by atoms with E-state index < -0.39 is 12.3 Å². The van der Waals surface area contributed by atoms with Gasteiger partial charge in [0.15, 0.2) is 0 Å². The van der Waals surface area contributed by atoms with Crippen molar-refractivity contribution in [3.8, 4) is 0 Å². The van der Waals surface area contributed by atoms with Crippen LogP contribution in [0.3, 0.4) is 0 Å². The number of aliphatic hydroxyl groups is 1. The minimum absolute atomic E-state index is 0.00174. The van der Waals surface area contributed by atoms with E-state index in [4.69, 9.17) is 14.2 Å². The van der Waals surface area contributed by atoms with Crippen molar-refractivity contribution in [2.24, 2.45) is 5.92 Å². The van der Waals surface area contributed by atoms with Gasteiger partial charge in [0, 0.05) is 28.6 Å². The molecule has 0 fully saturated rings. The summed E-state index contributed by atoms with van der Waals surface area (Å²) >= 11 is 2.26.